The zero-order valence-electron chi connectivity index (χ0n) is 11.4. The Morgan fingerprint density at radius 3 is 2.79 bits per heavy atom. The number of halogens is 2. The zero-order valence-corrected chi connectivity index (χ0v) is 13.7. The van der Waals surface area contributed by atoms with Crippen molar-refractivity contribution in [3.8, 4) is 0 Å². The van der Waals surface area contributed by atoms with Gasteiger partial charge in [-0.1, -0.05) is 11.6 Å². The molecule has 0 saturated carbocycles. The predicted molar refractivity (Wildman–Crippen MR) is 83.6 cm³/mol. The predicted octanol–water partition coefficient (Wildman–Crippen LogP) is 3.14. The summed E-state index contributed by atoms with van der Waals surface area (Å²) in [5.41, 5.74) is 0. The Hall–Kier alpha value is -0.290. The minimum atomic E-state index is -0.102. The molecule has 1 aromatic heterocycles. The topological polar surface area (TPSA) is 32.3 Å². The van der Waals surface area contributed by atoms with E-state index in [0.29, 0.717) is 6.04 Å². The molecule has 1 amide bonds. The third-order valence-electron chi connectivity index (χ3n) is 3.71. The monoisotopic (exact) mass is 322 g/mol. The first kappa shape index (κ1) is 16.8. The quantitative estimate of drug-likeness (QED) is 0.907. The summed E-state index contributed by atoms with van der Waals surface area (Å²) in [6, 6.07) is 4.40. The smallest absolute Gasteiger partial charge is 0.231 e. The molecule has 19 heavy (non-hydrogen) atoms. The summed E-state index contributed by atoms with van der Waals surface area (Å²) in [5.74, 6) is 0.101. The average Bonchev–Trinajstić information content (AvgIpc) is 2.77. The Morgan fingerprint density at radius 1 is 1.53 bits per heavy atom. The molecule has 0 aromatic carbocycles. The van der Waals surface area contributed by atoms with Crippen LogP contribution in [0.15, 0.2) is 12.1 Å². The van der Waals surface area contributed by atoms with Gasteiger partial charge in [0.05, 0.1) is 10.3 Å². The summed E-state index contributed by atoms with van der Waals surface area (Å²) in [5, 5.41) is 3.39. The summed E-state index contributed by atoms with van der Waals surface area (Å²) < 4.78 is 0.742. The number of nitrogens with zero attached hydrogens (tertiary/aromatic N) is 1. The second kappa shape index (κ2) is 6.93. The summed E-state index contributed by atoms with van der Waals surface area (Å²) in [4.78, 5) is 15.6. The lowest BCUT2D eigenvalue weighted by Gasteiger charge is -2.39. The first-order chi connectivity index (χ1) is 8.50. The highest BCUT2D eigenvalue weighted by atomic mass is 35.5. The molecule has 108 valence electrons. The van der Waals surface area contributed by atoms with Gasteiger partial charge in [0, 0.05) is 30.1 Å². The Labute approximate surface area is 129 Å². The summed E-state index contributed by atoms with van der Waals surface area (Å²) >= 11 is 7.42. The number of rotatable bonds is 2. The van der Waals surface area contributed by atoms with Gasteiger partial charge in [-0.3, -0.25) is 4.79 Å². The molecule has 1 aromatic rings. The first-order valence-electron chi connectivity index (χ1n) is 6.30. The average molecular weight is 323 g/mol. The van der Waals surface area contributed by atoms with Crippen LogP contribution in [0.1, 0.15) is 31.6 Å². The van der Waals surface area contributed by atoms with Crippen molar-refractivity contribution in [3.05, 3.63) is 21.3 Å². The van der Waals surface area contributed by atoms with Crippen molar-refractivity contribution in [2.24, 2.45) is 0 Å². The molecule has 1 saturated heterocycles. The van der Waals surface area contributed by atoms with Crippen LogP contribution < -0.4 is 5.32 Å². The maximum absolute atomic E-state index is 12.5. The van der Waals surface area contributed by atoms with E-state index in [9.17, 15) is 4.79 Å². The van der Waals surface area contributed by atoms with E-state index in [-0.39, 0.29) is 30.3 Å². The zero-order chi connectivity index (χ0) is 13.3. The number of carbonyl (C=O) groups is 1. The molecule has 1 fully saturated rings. The van der Waals surface area contributed by atoms with Gasteiger partial charge in [0.1, 0.15) is 0 Å². The van der Waals surface area contributed by atoms with E-state index in [1.807, 2.05) is 24.0 Å². The number of piperazine rings is 1. The fourth-order valence-electron chi connectivity index (χ4n) is 2.30. The number of hydrogen-bond donors (Lipinski definition) is 1. The third-order valence-corrected chi connectivity index (χ3v) is 5.12. The second-order valence-electron chi connectivity index (χ2n) is 4.88. The highest BCUT2D eigenvalue weighted by molar-refractivity contribution is 7.16. The molecule has 6 heteroatoms. The van der Waals surface area contributed by atoms with Crippen molar-refractivity contribution in [2.45, 2.75) is 38.8 Å². The van der Waals surface area contributed by atoms with Gasteiger partial charge in [-0.25, -0.2) is 0 Å². The molecule has 1 aliphatic rings. The Morgan fingerprint density at radius 2 is 2.21 bits per heavy atom. The molecule has 1 aliphatic heterocycles. The Kier molecular flexibility index (Phi) is 6.12. The van der Waals surface area contributed by atoms with E-state index < -0.39 is 0 Å². The highest BCUT2D eigenvalue weighted by Gasteiger charge is 2.31. The lowest BCUT2D eigenvalue weighted by molar-refractivity contribution is -0.136. The van der Waals surface area contributed by atoms with Crippen LogP contribution in [0.2, 0.25) is 4.34 Å². The molecule has 0 radical (unpaired) electrons. The molecule has 0 spiro atoms. The van der Waals surface area contributed by atoms with E-state index in [1.54, 1.807) is 0 Å². The van der Waals surface area contributed by atoms with Crippen LogP contribution in [0, 0.1) is 0 Å². The summed E-state index contributed by atoms with van der Waals surface area (Å²) in [7, 11) is 0. The molecular formula is C13H20Cl2N2OS. The Balaban J connectivity index is 0.00000180. The van der Waals surface area contributed by atoms with Crippen LogP contribution in [0.3, 0.4) is 0 Å². The van der Waals surface area contributed by atoms with Crippen LogP contribution in [0.25, 0.3) is 0 Å². The number of thiophene rings is 1. The lowest BCUT2D eigenvalue weighted by Crippen LogP contribution is -2.57. The van der Waals surface area contributed by atoms with E-state index in [0.717, 1.165) is 22.3 Å². The van der Waals surface area contributed by atoms with Gasteiger partial charge in [0.25, 0.3) is 0 Å². The summed E-state index contributed by atoms with van der Waals surface area (Å²) in [6.45, 7) is 7.84. The molecule has 0 aliphatic carbocycles. The van der Waals surface area contributed by atoms with Crippen molar-refractivity contribution in [3.63, 3.8) is 0 Å². The number of hydrogen-bond acceptors (Lipinski definition) is 3. The minimum absolute atomic E-state index is 0. The van der Waals surface area contributed by atoms with Crippen LogP contribution in [-0.2, 0) is 4.79 Å². The maximum Gasteiger partial charge on any atom is 0.231 e. The summed E-state index contributed by atoms with van der Waals surface area (Å²) in [6.07, 6.45) is 0. The molecule has 3 nitrogen and oxygen atoms in total. The highest BCUT2D eigenvalue weighted by Crippen LogP contribution is 2.30. The maximum atomic E-state index is 12.5. The molecule has 3 atom stereocenters. The van der Waals surface area contributed by atoms with E-state index in [4.69, 9.17) is 11.6 Å². The van der Waals surface area contributed by atoms with E-state index >= 15 is 0 Å². The number of amides is 1. The largest absolute Gasteiger partial charge is 0.337 e. The normalized spacial score (nSPS) is 24.7. The second-order valence-corrected chi connectivity index (χ2v) is 6.63. The molecule has 0 bridgehead atoms. The van der Waals surface area contributed by atoms with Crippen molar-refractivity contribution in [1.82, 2.24) is 10.2 Å². The fourth-order valence-corrected chi connectivity index (χ4v) is 3.40. The fraction of sp³-hybridized carbons (Fsp3) is 0.615. The van der Waals surface area contributed by atoms with Crippen LogP contribution in [0.5, 0.6) is 0 Å². The molecule has 3 unspecified atom stereocenters. The number of carbonyl (C=O) groups excluding carboxylic acids is 1. The Bertz CT molecular complexity index is 438. The molecule has 2 rings (SSSR count). The van der Waals surface area contributed by atoms with Gasteiger partial charge in [-0.2, -0.15) is 0 Å². The van der Waals surface area contributed by atoms with E-state index in [2.05, 4.69) is 19.2 Å². The third kappa shape index (κ3) is 3.63. The molecular weight excluding hydrogens is 303 g/mol. The van der Waals surface area contributed by atoms with E-state index in [1.165, 1.54) is 11.3 Å². The van der Waals surface area contributed by atoms with Crippen molar-refractivity contribution in [1.29, 1.82) is 0 Å². The van der Waals surface area contributed by atoms with Gasteiger partial charge in [0.15, 0.2) is 0 Å². The molecule has 2 heterocycles. The number of nitrogens with one attached hydrogen (secondary N) is 1. The van der Waals surface area contributed by atoms with Crippen LogP contribution in [-0.4, -0.2) is 36.0 Å². The molecule has 1 N–H and O–H groups in total. The van der Waals surface area contributed by atoms with Crippen LogP contribution >= 0.6 is 35.3 Å². The lowest BCUT2D eigenvalue weighted by atomic mass is 10.0. The van der Waals surface area contributed by atoms with Crippen molar-refractivity contribution >= 4 is 41.3 Å². The standard InChI is InChI=1S/C13H19ClN2OS.ClH/c1-8(11-4-5-12(14)18-11)13(17)16-7-6-15-9(2)10(16)3;/h4-5,8-10,15H,6-7H2,1-3H3;1H. The van der Waals surface area contributed by atoms with Gasteiger partial charge in [0.2, 0.25) is 5.91 Å². The first-order valence-corrected chi connectivity index (χ1v) is 7.49. The minimum Gasteiger partial charge on any atom is -0.337 e. The SMILES string of the molecule is CC(C(=O)N1CCNC(C)C1C)c1ccc(Cl)s1.Cl. The van der Waals surface area contributed by atoms with Crippen molar-refractivity contribution in [2.75, 3.05) is 13.1 Å². The van der Waals surface area contributed by atoms with Gasteiger partial charge >= 0.3 is 0 Å². The van der Waals surface area contributed by atoms with Gasteiger partial charge < -0.3 is 10.2 Å². The van der Waals surface area contributed by atoms with Crippen LogP contribution in [0.4, 0.5) is 0 Å². The van der Waals surface area contributed by atoms with Gasteiger partial charge in [-0.15, -0.1) is 23.7 Å². The van der Waals surface area contributed by atoms with Crippen molar-refractivity contribution < 1.29 is 4.79 Å². The van der Waals surface area contributed by atoms with Gasteiger partial charge in [-0.05, 0) is 32.9 Å².